The number of hydrogen-bond acceptors (Lipinski definition) is 5. The van der Waals surface area contributed by atoms with Crippen molar-refractivity contribution in [1.29, 1.82) is 0 Å². The SMILES string of the molecule is CCCCC(CC)COc1cc2nc3n(c2cc1OCC(CC)CCCC)C(=O)c1cscc1-3. The summed E-state index contributed by atoms with van der Waals surface area (Å²) in [6, 6.07) is 3.93. The van der Waals surface area contributed by atoms with Crippen molar-refractivity contribution < 1.29 is 14.3 Å². The number of thiophene rings is 1. The molecule has 0 aliphatic carbocycles. The fraction of sp³-hybridized carbons (Fsp3) is 0.571. The molecule has 4 rings (SSSR count). The summed E-state index contributed by atoms with van der Waals surface area (Å²) in [6.45, 7) is 10.2. The van der Waals surface area contributed by atoms with Crippen molar-refractivity contribution in [3.05, 3.63) is 28.5 Å². The van der Waals surface area contributed by atoms with Crippen LogP contribution in [0.5, 0.6) is 11.5 Å². The number of hydrogen-bond donors (Lipinski definition) is 0. The van der Waals surface area contributed by atoms with E-state index in [4.69, 9.17) is 14.5 Å². The van der Waals surface area contributed by atoms with Gasteiger partial charge in [0.15, 0.2) is 11.5 Å². The Kier molecular flexibility index (Phi) is 8.30. The average Bonchev–Trinajstić information content (AvgIpc) is 3.53. The lowest BCUT2D eigenvalue weighted by Crippen LogP contribution is -2.14. The first-order valence-corrected chi connectivity index (χ1v) is 14.0. The Bertz CT molecular complexity index is 1120. The van der Waals surface area contributed by atoms with Gasteiger partial charge >= 0.3 is 0 Å². The predicted molar refractivity (Wildman–Crippen MR) is 140 cm³/mol. The van der Waals surface area contributed by atoms with Crippen LogP contribution in [0.1, 0.15) is 89.4 Å². The molecule has 1 aliphatic heterocycles. The topological polar surface area (TPSA) is 53.4 Å². The first-order chi connectivity index (χ1) is 16.6. The monoisotopic (exact) mass is 482 g/mol. The van der Waals surface area contributed by atoms with Gasteiger partial charge in [-0.3, -0.25) is 9.36 Å². The highest BCUT2D eigenvalue weighted by Gasteiger charge is 2.31. The Labute approximate surface area is 207 Å². The Morgan fingerprint density at radius 1 is 0.882 bits per heavy atom. The molecule has 184 valence electrons. The summed E-state index contributed by atoms with van der Waals surface area (Å²) < 4.78 is 14.5. The Morgan fingerprint density at radius 2 is 1.47 bits per heavy atom. The molecule has 0 N–H and O–H groups in total. The van der Waals surface area contributed by atoms with E-state index < -0.39 is 0 Å². The van der Waals surface area contributed by atoms with Gasteiger partial charge in [0.2, 0.25) is 0 Å². The van der Waals surface area contributed by atoms with Crippen LogP contribution in [0.2, 0.25) is 0 Å². The average molecular weight is 483 g/mol. The van der Waals surface area contributed by atoms with Crippen molar-refractivity contribution >= 4 is 28.3 Å². The molecule has 2 atom stereocenters. The molecule has 2 unspecified atom stereocenters. The van der Waals surface area contributed by atoms with Crippen molar-refractivity contribution in [3.8, 4) is 22.9 Å². The van der Waals surface area contributed by atoms with Gasteiger partial charge in [0, 0.05) is 28.5 Å². The number of carbonyl (C=O) groups excluding carboxylic acids is 1. The quantitative estimate of drug-likeness (QED) is 0.183. The van der Waals surface area contributed by atoms with Crippen LogP contribution in [0.15, 0.2) is 22.9 Å². The van der Waals surface area contributed by atoms with Gasteiger partial charge in [0.1, 0.15) is 5.82 Å². The third kappa shape index (κ3) is 5.02. The first kappa shape index (κ1) is 24.8. The summed E-state index contributed by atoms with van der Waals surface area (Å²) in [5.41, 5.74) is 3.24. The Hall–Kier alpha value is -2.34. The van der Waals surface area contributed by atoms with Gasteiger partial charge in [-0.05, 0) is 24.7 Å². The lowest BCUT2D eigenvalue weighted by Gasteiger charge is -2.20. The van der Waals surface area contributed by atoms with E-state index in [1.54, 1.807) is 15.9 Å². The van der Waals surface area contributed by atoms with Gasteiger partial charge in [0.05, 0.1) is 29.8 Å². The molecule has 6 heteroatoms. The number of rotatable bonds is 14. The molecule has 0 amide bonds. The van der Waals surface area contributed by atoms with Crippen molar-refractivity contribution in [2.75, 3.05) is 13.2 Å². The summed E-state index contributed by atoms with van der Waals surface area (Å²) in [7, 11) is 0. The van der Waals surface area contributed by atoms with Crippen molar-refractivity contribution in [3.63, 3.8) is 0 Å². The highest BCUT2D eigenvalue weighted by molar-refractivity contribution is 7.08. The zero-order valence-electron chi connectivity index (χ0n) is 21.1. The van der Waals surface area contributed by atoms with Gasteiger partial charge in [0.25, 0.3) is 5.91 Å². The predicted octanol–water partition coefficient (Wildman–Crippen LogP) is 7.96. The third-order valence-electron chi connectivity index (χ3n) is 7.09. The molecule has 0 saturated heterocycles. The molecule has 34 heavy (non-hydrogen) atoms. The van der Waals surface area contributed by atoms with Crippen molar-refractivity contribution in [2.24, 2.45) is 11.8 Å². The Balaban J connectivity index is 1.64. The molecular formula is C28H38N2O3S. The van der Waals surface area contributed by atoms with Gasteiger partial charge in [-0.2, -0.15) is 11.3 Å². The molecule has 3 aromatic rings. The second kappa shape index (κ2) is 11.4. The summed E-state index contributed by atoms with van der Waals surface area (Å²) in [4.78, 5) is 17.9. The Morgan fingerprint density at radius 3 is 2.06 bits per heavy atom. The van der Waals surface area contributed by atoms with Crippen LogP contribution in [-0.2, 0) is 0 Å². The van der Waals surface area contributed by atoms with E-state index in [9.17, 15) is 4.79 Å². The number of benzene rings is 1. The van der Waals surface area contributed by atoms with E-state index in [1.807, 2.05) is 22.9 Å². The maximum atomic E-state index is 13.1. The highest BCUT2D eigenvalue weighted by Crippen LogP contribution is 2.40. The molecule has 1 aliphatic rings. The molecule has 0 saturated carbocycles. The van der Waals surface area contributed by atoms with E-state index >= 15 is 0 Å². The number of aromatic nitrogens is 2. The second-order valence-electron chi connectivity index (χ2n) is 9.52. The van der Waals surface area contributed by atoms with Gasteiger partial charge in [-0.25, -0.2) is 4.98 Å². The summed E-state index contributed by atoms with van der Waals surface area (Å²) >= 11 is 1.54. The minimum absolute atomic E-state index is 0.00615. The standard InChI is InChI=1S/C28H38N2O3S/c1-5-9-11-19(7-3)15-32-25-13-23-24(14-26(25)33-16-20(8-4)12-10-6-2)30-27(29-23)21-17-34-18-22(21)28(30)31/h13-14,17-20H,5-12,15-16H2,1-4H3. The molecule has 0 spiro atoms. The highest BCUT2D eigenvalue weighted by atomic mass is 32.1. The minimum Gasteiger partial charge on any atom is -0.489 e. The van der Waals surface area contributed by atoms with Gasteiger partial charge in [-0.15, -0.1) is 0 Å². The smallest absolute Gasteiger partial charge is 0.265 e. The fourth-order valence-corrected chi connectivity index (χ4v) is 5.47. The molecule has 3 heterocycles. The van der Waals surface area contributed by atoms with Crippen molar-refractivity contribution in [1.82, 2.24) is 9.55 Å². The summed E-state index contributed by atoms with van der Waals surface area (Å²) in [6.07, 6.45) is 9.36. The maximum absolute atomic E-state index is 13.1. The minimum atomic E-state index is -0.00615. The van der Waals surface area contributed by atoms with Crippen LogP contribution in [0, 0.1) is 11.8 Å². The molecule has 5 nitrogen and oxygen atoms in total. The van der Waals surface area contributed by atoms with E-state index in [-0.39, 0.29) is 5.91 Å². The van der Waals surface area contributed by atoms with Gasteiger partial charge in [-0.1, -0.05) is 66.2 Å². The van der Waals surface area contributed by atoms with Crippen LogP contribution >= 0.6 is 11.3 Å². The van der Waals surface area contributed by atoms with E-state index in [0.29, 0.717) is 25.0 Å². The van der Waals surface area contributed by atoms with Crippen LogP contribution in [0.25, 0.3) is 22.4 Å². The van der Waals surface area contributed by atoms with Crippen LogP contribution in [-0.4, -0.2) is 28.7 Å². The lowest BCUT2D eigenvalue weighted by molar-refractivity contribution is 0.0973. The van der Waals surface area contributed by atoms with Crippen molar-refractivity contribution in [2.45, 2.75) is 79.1 Å². The first-order valence-electron chi connectivity index (χ1n) is 13.0. The van der Waals surface area contributed by atoms with E-state index in [2.05, 4.69) is 27.7 Å². The third-order valence-corrected chi connectivity index (χ3v) is 7.84. The summed E-state index contributed by atoms with van der Waals surface area (Å²) in [5.74, 6) is 3.22. The number of nitrogens with zero attached hydrogens (tertiary/aromatic N) is 2. The fourth-order valence-electron chi connectivity index (χ4n) is 4.66. The maximum Gasteiger partial charge on any atom is 0.265 e. The number of unbranched alkanes of at least 4 members (excludes halogenated alkanes) is 2. The van der Waals surface area contributed by atoms with Crippen LogP contribution < -0.4 is 9.47 Å². The van der Waals surface area contributed by atoms with E-state index in [0.717, 1.165) is 52.3 Å². The number of ether oxygens (including phenoxy) is 2. The largest absolute Gasteiger partial charge is 0.489 e. The molecule has 0 radical (unpaired) electrons. The number of imidazole rings is 1. The molecule has 1 aromatic carbocycles. The normalized spacial score (nSPS) is 14.3. The molecule has 0 fully saturated rings. The van der Waals surface area contributed by atoms with Crippen LogP contribution in [0.3, 0.4) is 0 Å². The lowest BCUT2D eigenvalue weighted by atomic mass is 10.0. The number of carbonyl (C=O) groups is 1. The zero-order valence-corrected chi connectivity index (χ0v) is 21.9. The zero-order chi connectivity index (χ0) is 24.1. The molecule has 0 bridgehead atoms. The van der Waals surface area contributed by atoms with E-state index in [1.165, 1.54) is 38.5 Å². The van der Waals surface area contributed by atoms with Crippen LogP contribution in [0.4, 0.5) is 0 Å². The molecular weight excluding hydrogens is 444 g/mol. The second-order valence-corrected chi connectivity index (χ2v) is 10.3. The molecule has 2 aromatic heterocycles. The summed E-state index contributed by atoms with van der Waals surface area (Å²) in [5, 5.41) is 3.92. The number of fused-ring (bicyclic) bond motifs is 5. The van der Waals surface area contributed by atoms with Gasteiger partial charge < -0.3 is 9.47 Å².